The van der Waals surface area contributed by atoms with E-state index in [0.717, 1.165) is 36.9 Å². The van der Waals surface area contributed by atoms with Crippen LogP contribution < -0.4 is 5.32 Å². The van der Waals surface area contributed by atoms with Crippen LogP contribution in [0.4, 0.5) is 0 Å². The quantitative estimate of drug-likeness (QED) is 0.563. The second-order valence-electron chi connectivity index (χ2n) is 6.56. The van der Waals surface area contributed by atoms with Crippen molar-refractivity contribution in [3.05, 3.63) is 65.0 Å². The van der Waals surface area contributed by atoms with Crippen LogP contribution in [-0.4, -0.2) is 36.7 Å². The van der Waals surface area contributed by atoms with Crippen LogP contribution in [-0.2, 0) is 13.0 Å². The fourth-order valence-electron chi connectivity index (χ4n) is 3.23. The van der Waals surface area contributed by atoms with Gasteiger partial charge in [-0.2, -0.15) is 0 Å². The normalized spacial score (nSPS) is 11.8. The zero-order chi connectivity index (χ0) is 18.5. The van der Waals surface area contributed by atoms with Gasteiger partial charge in [0.2, 0.25) is 0 Å². The van der Waals surface area contributed by atoms with Gasteiger partial charge < -0.3 is 14.7 Å². The molecule has 1 heterocycles. The van der Waals surface area contributed by atoms with Crippen LogP contribution in [0.25, 0.3) is 10.8 Å². The topological polar surface area (TPSA) is 53.7 Å². The molecule has 0 spiro atoms. The number of nitrogens with zero attached hydrogens (tertiary/aromatic N) is 3. The highest BCUT2D eigenvalue weighted by Crippen LogP contribution is 2.16. The first-order valence-electron chi connectivity index (χ1n) is 8.89. The molecule has 0 bridgehead atoms. The number of hydrogen-bond acceptors (Lipinski definition) is 3. The van der Waals surface area contributed by atoms with E-state index in [2.05, 4.69) is 69.9 Å². The van der Waals surface area contributed by atoms with Gasteiger partial charge in [0, 0.05) is 32.7 Å². The molecule has 0 aliphatic carbocycles. The van der Waals surface area contributed by atoms with Crippen molar-refractivity contribution in [1.82, 2.24) is 15.4 Å². The molecule has 3 aromatic rings. The average Bonchev–Trinajstić information content (AvgIpc) is 2.97. The molecule has 0 radical (unpaired) electrons. The number of aromatic nitrogens is 1. The third-order valence-electron chi connectivity index (χ3n) is 4.65. The summed E-state index contributed by atoms with van der Waals surface area (Å²) >= 11 is 0. The van der Waals surface area contributed by atoms with Gasteiger partial charge in [-0.15, -0.1) is 0 Å². The van der Waals surface area contributed by atoms with Gasteiger partial charge in [0.25, 0.3) is 0 Å². The first kappa shape index (κ1) is 18.0. The van der Waals surface area contributed by atoms with Crippen molar-refractivity contribution in [3.63, 3.8) is 0 Å². The number of aliphatic imine (C=N–C) groups is 1. The van der Waals surface area contributed by atoms with Crippen molar-refractivity contribution in [3.8, 4) is 0 Å². The SMILES string of the molecule is CN=C(NCCc1c(C)noc1C)N(C)Cc1ccc2ccccc2c1. The summed E-state index contributed by atoms with van der Waals surface area (Å²) in [5.41, 5.74) is 3.40. The third kappa shape index (κ3) is 4.04. The Morgan fingerprint density at radius 2 is 1.92 bits per heavy atom. The Morgan fingerprint density at radius 3 is 2.62 bits per heavy atom. The van der Waals surface area contributed by atoms with Crippen molar-refractivity contribution >= 4 is 16.7 Å². The van der Waals surface area contributed by atoms with E-state index >= 15 is 0 Å². The van der Waals surface area contributed by atoms with E-state index in [1.54, 1.807) is 0 Å². The predicted molar refractivity (Wildman–Crippen MR) is 106 cm³/mol. The molecule has 0 aliphatic rings. The highest BCUT2D eigenvalue weighted by atomic mass is 16.5. The first-order chi connectivity index (χ1) is 12.6. The van der Waals surface area contributed by atoms with Crippen LogP contribution in [0, 0.1) is 13.8 Å². The average molecular weight is 350 g/mol. The molecule has 1 N–H and O–H groups in total. The largest absolute Gasteiger partial charge is 0.361 e. The molecule has 26 heavy (non-hydrogen) atoms. The maximum absolute atomic E-state index is 5.22. The van der Waals surface area contributed by atoms with Gasteiger partial charge in [-0.25, -0.2) is 0 Å². The zero-order valence-electron chi connectivity index (χ0n) is 15.9. The Morgan fingerprint density at radius 1 is 1.15 bits per heavy atom. The van der Waals surface area contributed by atoms with Crippen LogP contribution >= 0.6 is 0 Å². The molecule has 0 fully saturated rings. The maximum Gasteiger partial charge on any atom is 0.193 e. The summed E-state index contributed by atoms with van der Waals surface area (Å²) in [6.45, 7) is 5.52. The number of fused-ring (bicyclic) bond motifs is 1. The smallest absolute Gasteiger partial charge is 0.193 e. The molecule has 1 aromatic heterocycles. The van der Waals surface area contributed by atoms with E-state index in [1.807, 2.05) is 20.9 Å². The van der Waals surface area contributed by atoms with E-state index < -0.39 is 0 Å². The number of nitrogens with one attached hydrogen (secondary N) is 1. The number of aryl methyl sites for hydroxylation is 2. The van der Waals surface area contributed by atoms with E-state index in [4.69, 9.17) is 4.52 Å². The van der Waals surface area contributed by atoms with E-state index in [9.17, 15) is 0 Å². The van der Waals surface area contributed by atoms with Crippen LogP contribution in [0.5, 0.6) is 0 Å². The zero-order valence-corrected chi connectivity index (χ0v) is 15.9. The Hall–Kier alpha value is -2.82. The van der Waals surface area contributed by atoms with Gasteiger partial charge in [0.05, 0.1) is 5.69 Å². The Bertz CT molecular complexity index is 894. The minimum atomic E-state index is 0.789. The van der Waals surface area contributed by atoms with Crippen molar-refractivity contribution in [2.75, 3.05) is 20.6 Å². The van der Waals surface area contributed by atoms with E-state index in [1.165, 1.54) is 21.9 Å². The standard InChI is InChI=1S/C21H26N4O/c1-15-20(16(2)26-24-15)11-12-23-21(22-3)25(4)14-17-9-10-18-7-5-6-8-19(18)13-17/h5-10,13H,11-12,14H2,1-4H3,(H,22,23). The lowest BCUT2D eigenvalue weighted by Crippen LogP contribution is -2.39. The lowest BCUT2D eigenvalue weighted by molar-refractivity contribution is 0.392. The van der Waals surface area contributed by atoms with Crippen molar-refractivity contribution in [2.24, 2.45) is 4.99 Å². The number of hydrogen-bond donors (Lipinski definition) is 1. The number of guanidine groups is 1. The van der Waals surface area contributed by atoms with Gasteiger partial charge in [0.1, 0.15) is 5.76 Å². The summed E-state index contributed by atoms with van der Waals surface area (Å²) in [6.07, 6.45) is 0.865. The Kier molecular flexibility index (Phi) is 5.56. The van der Waals surface area contributed by atoms with Crippen LogP contribution in [0.3, 0.4) is 0 Å². The second kappa shape index (κ2) is 8.04. The predicted octanol–water partition coefficient (Wildman–Crippen LogP) is 3.69. The molecule has 0 amide bonds. The summed E-state index contributed by atoms with van der Waals surface area (Å²) in [5, 5.41) is 9.96. The second-order valence-corrected chi connectivity index (χ2v) is 6.56. The Balaban J connectivity index is 1.60. The molecule has 5 heteroatoms. The van der Waals surface area contributed by atoms with E-state index in [0.29, 0.717) is 0 Å². The van der Waals surface area contributed by atoms with Crippen molar-refractivity contribution in [1.29, 1.82) is 0 Å². The van der Waals surface area contributed by atoms with Gasteiger partial charge >= 0.3 is 0 Å². The summed E-state index contributed by atoms with van der Waals surface area (Å²) in [6, 6.07) is 15.0. The molecule has 136 valence electrons. The Labute approximate surface area is 154 Å². The molecular weight excluding hydrogens is 324 g/mol. The summed E-state index contributed by atoms with van der Waals surface area (Å²) in [4.78, 5) is 6.54. The minimum absolute atomic E-state index is 0.789. The molecule has 5 nitrogen and oxygen atoms in total. The fraction of sp³-hybridized carbons (Fsp3) is 0.333. The monoisotopic (exact) mass is 350 g/mol. The molecule has 0 aliphatic heterocycles. The highest BCUT2D eigenvalue weighted by Gasteiger charge is 2.10. The summed E-state index contributed by atoms with van der Waals surface area (Å²) in [5.74, 6) is 1.77. The lowest BCUT2D eigenvalue weighted by Gasteiger charge is -2.22. The lowest BCUT2D eigenvalue weighted by atomic mass is 10.1. The third-order valence-corrected chi connectivity index (χ3v) is 4.65. The fourth-order valence-corrected chi connectivity index (χ4v) is 3.23. The molecule has 2 aromatic carbocycles. The van der Waals surface area contributed by atoms with Crippen LogP contribution in [0.2, 0.25) is 0 Å². The van der Waals surface area contributed by atoms with Gasteiger partial charge in [0.15, 0.2) is 5.96 Å². The molecule has 0 saturated carbocycles. The maximum atomic E-state index is 5.22. The van der Waals surface area contributed by atoms with Gasteiger partial charge in [-0.3, -0.25) is 4.99 Å². The van der Waals surface area contributed by atoms with Crippen molar-refractivity contribution < 1.29 is 4.52 Å². The van der Waals surface area contributed by atoms with Gasteiger partial charge in [-0.1, -0.05) is 41.6 Å². The number of benzene rings is 2. The van der Waals surface area contributed by atoms with Crippen LogP contribution in [0.1, 0.15) is 22.6 Å². The summed E-state index contributed by atoms with van der Waals surface area (Å²) < 4.78 is 5.22. The molecule has 0 atom stereocenters. The molecule has 0 unspecified atom stereocenters. The molecule has 3 rings (SSSR count). The first-order valence-corrected chi connectivity index (χ1v) is 8.89. The van der Waals surface area contributed by atoms with E-state index in [-0.39, 0.29) is 0 Å². The number of rotatable bonds is 5. The van der Waals surface area contributed by atoms with Crippen LogP contribution in [0.15, 0.2) is 52.0 Å². The van der Waals surface area contributed by atoms with Crippen molar-refractivity contribution in [2.45, 2.75) is 26.8 Å². The molecular formula is C21H26N4O. The molecule has 0 saturated heterocycles. The minimum Gasteiger partial charge on any atom is -0.361 e. The van der Waals surface area contributed by atoms with Gasteiger partial charge in [-0.05, 0) is 42.7 Å². The highest BCUT2D eigenvalue weighted by molar-refractivity contribution is 5.83. The summed E-state index contributed by atoms with van der Waals surface area (Å²) in [7, 11) is 3.87.